The molecule has 22 heavy (non-hydrogen) atoms. The number of carbonyl (C=O) groups excluding carboxylic acids is 1. The molecular formula is C19H31NO2. The zero-order valence-corrected chi connectivity index (χ0v) is 14.6. The van der Waals surface area contributed by atoms with E-state index in [0.717, 1.165) is 44.5 Å². The van der Waals surface area contributed by atoms with Crippen molar-refractivity contribution in [1.29, 1.82) is 0 Å². The van der Waals surface area contributed by atoms with Crippen LogP contribution in [-0.2, 0) is 11.2 Å². The lowest BCUT2D eigenvalue weighted by Gasteiger charge is -2.25. The number of hydrogen-bond donors (Lipinski definition) is 0. The number of benzene rings is 1. The van der Waals surface area contributed by atoms with Crippen molar-refractivity contribution in [2.45, 2.75) is 52.9 Å². The third-order valence-corrected chi connectivity index (χ3v) is 4.15. The highest BCUT2D eigenvalue weighted by Gasteiger charge is 2.15. The summed E-state index contributed by atoms with van der Waals surface area (Å²) in [5.74, 6) is 1.71. The first-order chi connectivity index (χ1) is 10.6. The van der Waals surface area contributed by atoms with Crippen LogP contribution in [-0.4, -0.2) is 31.0 Å². The van der Waals surface area contributed by atoms with Gasteiger partial charge in [0.25, 0.3) is 0 Å². The minimum atomic E-state index is 0.282. The van der Waals surface area contributed by atoms with Gasteiger partial charge in [-0.15, -0.1) is 0 Å². The molecule has 0 radical (unpaired) electrons. The van der Waals surface area contributed by atoms with Gasteiger partial charge < -0.3 is 9.64 Å². The molecule has 0 bridgehead atoms. The number of carbonyl (C=O) groups is 1. The maximum atomic E-state index is 12.5. The number of rotatable bonds is 10. The van der Waals surface area contributed by atoms with Gasteiger partial charge in [0, 0.05) is 19.5 Å². The van der Waals surface area contributed by atoms with E-state index in [2.05, 4.69) is 25.7 Å². The van der Waals surface area contributed by atoms with Crippen molar-refractivity contribution in [3.63, 3.8) is 0 Å². The van der Waals surface area contributed by atoms with Gasteiger partial charge in [0.05, 0.1) is 7.11 Å². The van der Waals surface area contributed by atoms with Gasteiger partial charge in [0.1, 0.15) is 5.75 Å². The van der Waals surface area contributed by atoms with E-state index < -0.39 is 0 Å². The van der Waals surface area contributed by atoms with E-state index in [4.69, 9.17) is 4.74 Å². The monoisotopic (exact) mass is 305 g/mol. The second kappa shape index (κ2) is 10.3. The van der Waals surface area contributed by atoms with E-state index in [9.17, 15) is 4.79 Å². The average molecular weight is 305 g/mol. The highest BCUT2D eigenvalue weighted by atomic mass is 16.5. The van der Waals surface area contributed by atoms with Crippen LogP contribution in [0.2, 0.25) is 0 Å². The number of hydrogen-bond acceptors (Lipinski definition) is 2. The van der Waals surface area contributed by atoms with Crippen LogP contribution >= 0.6 is 0 Å². The van der Waals surface area contributed by atoms with Crippen LogP contribution in [0.4, 0.5) is 0 Å². The molecule has 1 rings (SSSR count). The summed E-state index contributed by atoms with van der Waals surface area (Å²) in [6.07, 6.45) is 4.72. The van der Waals surface area contributed by atoms with Crippen LogP contribution in [0, 0.1) is 5.92 Å². The average Bonchev–Trinajstić information content (AvgIpc) is 2.56. The van der Waals surface area contributed by atoms with E-state index in [1.54, 1.807) is 7.11 Å². The molecule has 1 unspecified atom stereocenters. The fraction of sp³-hybridized carbons (Fsp3) is 0.632. The summed E-state index contributed by atoms with van der Waals surface area (Å²) in [4.78, 5) is 14.6. The maximum absolute atomic E-state index is 12.5. The van der Waals surface area contributed by atoms with Crippen molar-refractivity contribution in [3.8, 4) is 5.75 Å². The smallest absolute Gasteiger partial charge is 0.222 e. The second-order valence-corrected chi connectivity index (χ2v) is 6.05. The van der Waals surface area contributed by atoms with E-state index in [1.807, 2.05) is 24.3 Å². The molecule has 0 heterocycles. The van der Waals surface area contributed by atoms with Crippen molar-refractivity contribution in [2.24, 2.45) is 5.92 Å². The van der Waals surface area contributed by atoms with Gasteiger partial charge in [-0.25, -0.2) is 0 Å². The molecule has 1 aromatic rings. The van der Waals surface area contributed by atoms with Gasteiger partial charge in [-0.2, -0.15) is 0 Å². The highest BCUT2D eigenvalue weighted by Crippen LogP contribution is 2.14. The third kappa shape index (κ3) is 6.50. The number of amides is 1. The standard InChI is InChI=1S/C19H31NO2/c1-5-7-14-20(15-16(3)6-2)19(21)13-10-17-8-11-18(22-4)12-9-17/h8-9,11-12,16H,5-7,10,13-15H2,1-4H3. The van der Waals surface area contributed by atoms with E-state index in [0.29, 0.717) is 12.3 Å². The van der Waals surface area contributed by atoms with Gasteiger partial charge in [-0.05, 0) is 36.5 Å². The number of ether oxygens (including phenoxy) is 1. The minimum absolute atomic E-state index is 0.282. The largest absolute Gasteiger partial charge is 0.497 e. The molecule has 1 atom stereocenters. The predicted octanol–water partition coefficient (Wildman–Crippen LogP) is 4.30. The van der Waals surface area contributed by atoms with Crippen molar-refractivity contribution in [2.75, 3.05) is 20.2 Å². The summed E-state index contributed by atoms with van der Waals surface area (Å²) in [5.41, 5.74) is 1.19. The Hall–Kier alpha value is -1.51. The molecule has 0 N–H and O–H groups in total. The molecule has 0 aromatic heterocycles. The lowest BCUT2D eigenvalue weighted by molar-refractivity contribution is -0.131. The molecule has 1 aromatic carbocycles. The van der Waals surface area contributed by atoms with Crippen molar-refractivity contribution >= 4 is 5.91 Å². The summed E-state index contributed by atoms with van der Waals surface area (Å²) < 4.78 is 5.16. The summed E-state index contributed by atoms with van der Waals surface area (Å²) >= 11 is 0. The Morgan fingerprint density at radius 3 is 2.45 bits per heavy atom. The van der Waals surface area contributed by atoms with Crippen LogP contribution in [0.25, 0.3) is 0 Å². The minimum Gasteiger partial charge on any atom is -0.497 e. The fourth-order valence-corrected chi connectivity index (χ4v) is 2.37. The zero-order valence-electron chi connectivity index (χ0n) is 14.6. The lowest BCUT2D eigenvalue weighted by atomic mass is 10.1. The van der Waals surface area contributed by atoms with Crippen LogP contribution in [0.15, 0.2) is 24.3 Å². The first-order valence-electron chi connectivity index (χ1n) is 8.51. The number of unbranched alkanes of at least 4 members (excludes halogenated alkanes) is 1. The zero-order chi connectivity index (χ0) is 16.4. The Morgan fingerprint density at radius 1 is 1.23 bits per heavy atom. The second-order valence-electron chi connectivity index (χ2n) is 6.05. The van der Waals surface area contributed by atoms with E-state index in [-0.39, 0.29) is 5.91 Å². The molecule has 3 nitrogen and oxygen atoms in total. The molecule has 0 aliphatic rings. The van der Waals surface area contributed by atoms with Gasteiger partial charge in [-0.1, -0.05) is 45.7 Å². The Balaban J connectivity index is 2.53. The summed E-state index contributed by atoms with van der Waals surface area (Å²) in [6.45, 7) is 8.35. The van der Waals surface area contributed by atoms with Gasteiger partial charge in [0.2, 0.25) is 5.91 Å². The van der Waals surface area contributed by atoms with E-state index >= 15 is 0 Å². The van der Waals surface area contributed by atoms with Gasteiger partial charge in [-0.3, -0.25) is 4.79 Å². The van der Waals surface area contributed by atoms with E-state index in [1.165, 1.54) is 5.56 Å². The molecule has 124 valence electrons. The van der Waals surface area contributed by atoms with Crippen molar-refractivity contribution in [1.82, 2.24) is 4.90 Å². The summed E-state index contributed by atoms with van der Waals surface area (Å²) in [7, 11) is 1.67. The number of aryl methyl sites for hydroxylation is 1. The Kier molecular flexibility index (Phi) is 8.64. The molecule has 0 fully saturated rings. The topological polar surface area (TPSA) is 29.5 Å². The molecule has 0 saturated carbocycles. The Bertz CT molecular complexity index is 428. The summed E-state index contributed by atoms with van der Waals surface area (Å²) in [6, 6.07) is 7.98. The first-order valence-corrected chi connectivity index (χ1v) is 8.51. The van der Waals surface area contributed by atoms with Crippen LogP contribution < -0.4 is 4.74 Å². The molecule has 0 saturated heterocycles. The van der Waals surface area contributed by atoms with Gasteiger partial charge >= 0.3 is 0 Å². The number of methoxy groups -OCH3 is 1. The Morgan fingerprint density at radius 2 is 1.91 bits per heavy atom. The Labute approximate surface area is 135 Å². The fourth-order valence-electron chi connectivity index (χ4n) is 2.37. The number of nitrogens with zero attached hydrogens (tertiary/aromatic N) is 1. The SMILES string of the molecule is CCCCN(CC(C)CC)C(=O)CCc1ccc(OC)cc1. The molecular weight excluding hydrogens is 274 g/mol. The van der Waals surface area contributed by atoms with Crippen LogP contribution in [0.5, 0.6) is 5.75 Å². The molecule has 1 amide bonds. The van der Waals surface area contributed by atoms with Crippen LogP contribution in [0.3, 0.4) is 0 Å². The molecule has 0 aliphatic carbocycles. The lowest BCUT2D eigenvalue weighted by Crippen LogP contribution is -2.35. The normalized spacial score (nSPS) is 12.0. The van der Waals surface area contributed by atoms with Crippen LogP contribution in [0.1, 0.15) is 52.0 Å². The molecule has 0 spiro atoms. The maximum Gasteiger partial charge on any atom is 0.222 e. The molecule has 0 aliphatic heterocycles. The summed E-state index contributed by atoms with van der Waals surface area (Å²) in [5, 5.41) is 0. The predicted molar refractivity (Wildman–Crippen MR) is 92.3 cm³/mol. The quantitative estimate of drug-likeness (QED) is 0.645. The third-order valence-electron chi connectivity index (χ3n) is 4.15. The van der Waals surface area contributed by atoms with Crippen molar-refractivity contribution in [3.05, 3.63) is 29.8 Å². The first kappa shape index (κ1) is 18.5. The molecule has 3 heteroatoms. The van der Waals surface area contributed by atoms with Crippen molar-refractivity contribution < 1.29 is 9.53 Å². The highest BCUT2D eigenvalue weighted by molar-refractivity contribution is 5.76. The van der Waals surface area contributed by atoms with Gasteiger partial charge in [0.15, 0.2) is 0 Å².